The van der Waals surface area contributed by atoms with Crippen LogP contribution in [0.5, 0.6) is 5.88 Å². The molecule has 0 spiro atoms. The fraction of sp³-hybridized carbons (Fsp3) is 0.0769. The van der Waals surface area contributed by atoms with Gasteiger partial charge in [0.1, 0.15) is 0 Å². The van der Waals surface area contributed by atoms with Crippen LogP contribution in [0.3, 0.4) is 0 Å². The Balaban J connectivity index is 1.98. The third kappa shape index (κ3) is 3.31. The Morgan fingerprint density at radius 1 is 1.24 bits per heavy atom. The molecule has 0 saturated carbocycles. The van der Waals surface area contributed by atoms with Gasteiger partial charge >= 0.3 is 6.09 Å². The van der Waals surface area contributed by atoms with Crippen LogP contribution in [0.15, 0.2) is 48.7 Å². The van der Waals surface area contributed by atoms with E-state index in [0.717, 1.165) is 5.56 Å². The number of ether oxygens (including phenoxy) is 1. The smallest absolute Gasteiger partial charge is 0.391 e. The van der Waals surface area contributed by atoms with Crippen LogP contribution in [0.2, 0.25) is 0 Å². The van der Waals surface area contributed by atoms with Gasteiger partial charge in [-0.05, 0) is 30.7 Å². The van der Waals surface area contributed by atoms with Crippen LogP contribution in [0, 0.1) is 6.92 Å². The van der Waals surface area contributed by atoms with Crippen LogP contribution < -0.4 is 10.1 Å². The monoisotopic (exact) mass is 228 g/mol. The highest BCUT2D eigenvalue weighted by molar-refractivity contribution is 5.86. The molecule has 4 nitrogen and oxygen atoms in total. The van der Waals surface area contributed by atoms with Crippen molar-refractivity contribution in [3.05, 3.63) is 54.2 Å². The molecule has 0 bridgehead atoms. The molecular weight excluding hydrogens is 216 g/mol. The van der Waals surface area contributed by atoms with Crippen molar-refractivity contribution in [3.8, 4) is 5.88 Å². The van der Waals surface area contributed by atoms with Crippen molar-refractivity contribution >= 4 is 11.8 Å². The van der Waals surface area contributed by atoms with Crippen molar-refractivity contribution in [2.75, 3.05) is 5.32 Å². The van der Waals surface area contributed by atoms with Gasteiger partial charge in [0.2, 0.25) is 5.88 Å². The normalized spacial score (nSPS) is 9.71. The third-order valence-corrected chi connectivity index (χ3v) is 2.10. The van der Waals surface area contributed by atoms with E-state index in [1.54, 1.807) is 30.5 Å². The van der Waals surface area contributed by atoms with E-state index in [-0.39, 0.29) is 5.88 Å². The van der Waals surface area contributed by atoms with Crippen LogP contribution in [-0.2, 0) is 0 Å². The first-order chi connectivity index (χ1) is 8.24. The first-order valence-corrected chi connectivity index (χ1v) is 5.20. The van der Waals surface area contributed by atoms with Gasteiger partial charge in [0, 0.05) is 18.0 Å². The number of anilines is 1. The Hall–Kier alpha value is -2.36. The van der Waals surface area contributed by atoms with Crippen LogP contribution in [-0.4, -0.2) is 11.1 Å². The second kappa shape index (κ2) is 5.12. The van der Waals surface area contributed by atoms with Gasteiger partial charge in [-0.2, -0.15) is 0 Å². The number of aromatic nitrogens is 1. The number of rotatable bonds is 2. The predicted octanol–water partition coefficient (Wildman–Crippen LogP) is 3.00. The van der Waals surface area contributed by atoms with E-state index in [1.807, 2.05) is 25.1 Å². The molecule has 0 aliphatic rings. The summed E-state index contributed by atoms with van der Waals surface area (Å²) in [6, 6.07) is 12.6. The zero-order valence-electron chi connectivity index (χ0n) is 9.38. The predicted molar refractivity (Wildman–Crippen MR) is 65.1 cm³/mol. The highest BCUT2D eigenvalue weighted by Crippen LogP contribution is 2.11. The summed E-state index contributed by atoms with van der Waals surface area (Å²) in [5.41, 5.74) is 1.77. The van der Waals surface area contributed by atoms with Gasteiger partial charge in [0.25, 0.3) is 0 Å². The zero-order valence-corrected chi connectivity index (χ0v) is 9.38. The molecule has 0 radical (unpaired) electrons. The van der Waals surface area contributed by atoms with Crippen molar-refractivity contribution in [1.82, 2.24) is 4.98 Å². The minimum Gasteiger partial charge on any atom is -0.391 e. The molecule has 4 heteroatoms. The molecular formula is C13H12N2O2. The summed E-state index contributed by atoms with van der Waals surface area (Å²) >= 11 is 0. The van der Waals surface area contributed by atoms with Gasteiger partial charge in [0.15, 0.2) is 0 Å². The van der Waals surface area contributed by atoms with Crippen molar-refractivity contribution in [3.63, 3.8) is 0 Å². The van der Waals surface area contributed by atoms with E-state index in [9.17, 15) is 4.79 Å². The van der Waals surface area contributed by atoms with Gasteiger partial charge in [-0.25, -0.2) is 9.78 Å². The SMILES string of the molecule is Cc1cccc(NC(=O)Oc2ccccn2)c1. The molecule has 17 heavy (non-hydrogen) atoms. The quantitative estimate of drug-likeness (QED) is 0.859. The first kappa shape index (κ1) is 11.1. The molecule has 1 heterocycles. The fourth-order valence-corrected chi connectivity index (χ4v) is 1.37. The minimum atomic E-state index is -0.547. The number of nitrogens with zero attached hydrogens (tertiary/aromatic N) is 1. The zero-order chi connectivity index (χ0) is 12.1. The van der Waals surface area contributed by atoms with E-state index < -0.39 is 6.09 Å². The largest absolute Gasteiger partial charge is 0.418 e. The average Bonchev–Trinajstić information content (AvgIpc) is 2.30. The topological polar surface area (TPSA) is 51.2 Å². The number of hydrogen-bond donors (Lipinski definition) is 1. The number of amides is 1. The first-order valence-electron chi connectivity index (χ1n) is 5.20. The number of nitrogens with one attached hydrogen (secondary N) is 1. The Morgan fingerprint density at radius 2 is 2.12 bits per heavy atom. The summed E-state index contributed by atoms with van der Waals surface area (Å²) in [6.45, 7) is 1.95. The maximum atomic E-state index is 11.5. The number of benzene rings is 1. The summed E-state index contributed by atoms with van der Waals surface area (Å²) in [7, 11) is 0. The second-order valence-corrected chi connectivity index (χ2v) is 3.55. The van der Waals surface area contributed by atoms with Crippen molar-refractivity contribution in [2.45, 2.75) is 6.92 Å². The summed E-state index contributed by atoms with van der Waals surface area (Å²) in [5.74, 6) is 0.276. The molecule has 1 aromatic carbocycles. The van der Waals surface area contributed by atoms with Gasteiger partial charge in [0.05, 0.1) is 0 Å². The highest BCUT2D eigenvalue weighted by atomic mass is 16.6. The number of aryl methyl sites for hydroxylation is 1. The standard InChI is InChI=1S/C13H12N2O2/c1-10-5-4-6-11(9-10)15-13(16)17-12-7-2-3-8-14-12/h2-9H,1H3,(H,15,16). The molecule has 0 aliphatic carbocycles. The third-order valence-electron chi connectivity index (χ3n) is 2.10. The van der Waals surface area contributed by atoms with Crippen molar-refractivity contribution in [2.24, 2.45) is 0 Å². The van der Waals surface area contributed by atoms with Crippen molar-refractivity contribution < 1.29 is 9.53 Å². The molecule has 1 N–H and O–H groups in total. The number of carbonyl (C=O) groups is 1. The molecule has 0 fully saturated rings. The van der Waals surface area contributed by atoms with Crippen LogP contribution in [0.1, 0.15) is 5.56 Å². The lowest BCUT2D eigenvalue weighted by atomic mass is 10.2. The van der Waals surface area contributed by atoms with E-state index >= 15 is 0 Å². The molecule has 0 unspecified atom stereocenters. The van der Waals surface area contributed by atoms with Gasteiger partial charge in [-0.1, -0.05) is 18.2 Å². The van der Waals surface area contributed by atoms with E-state index in [1.165, 1.54) is 0 Å². The molecule has 2 rings (SSSR count). The van der Waals surface area contributed by atoms with E-state index in [4.69, 9.17) is 4.74 Å². The minimum absolute atomic E-state index is 0.276. The lowest BCUT2D eigenvalue weighted by Gasteiger charge is -2.06. The van der Waals surface area contributed by atoms with Gasteiger partial charge in [-0.15, -0.1) is 0 Å². The Morgan fingerprint density at radius 3 is 2.82 bits per heavy atom. The van der Waals surface area contributed by atoms with Crippen LogP contribution >= 0.6 is 0 Å². The molecule has 0 saturated heterocycles. The molecule has 1 aromatic heterocycles. The van der Waals surface area contributed by atoms with Crippen LogP contribution in [0.4, 0.5) is 10.5 Å². The fourth-order valence-electron chi connectivity index (χ4n) is 1.37. The summed E-state index contributed by atoms with van der Waals surface area (Å²) in [4.78, 5) is 15.4. The lowest BCUT2D eigenvalue weighted by Crippen LogP contribution is -2.17. The average molecular weight is 228 g/mol. The number of carbonyl (C=O) groups excluding carboxylic acids is 1. The van der Waals surface area contributed by atoms with Crippen LogP contribution in [0.25, 0.3) is 0 Å². The van der Waals surface area contributed by atoms with E-state index in [2.05, 4.69) is 10.3 Å². The van der Waals surface area contributed by atoms with Gasteiger partial charge in [-0.3, -0.25) is 5.32 Å². The highest BCUT2D eigenvalue weighted by Gasteiger charge is 2.05. The second-order valence-electron chi connectivity index (χ2n) is 3.55. The lowest BCUT2D eigenvalue weighted by molar-refractivity contribution is 0.213. The van der Waals surface area contributed by atoms with Crippen molar-refractivity contribution in [1.29, 1.82) is 0 Å². The number of hydrogen-bond acceptors (Lipinski definition) is 3. The van der Waals surface area contributed by atoms with Gasteiger partial charge < -0.3 is 4.74 Å². The molecule has 86 valence electrons. The summed E-state index contributed by atoms with van der Waals surface area (Å²) in [6.07, 6.45) is 1.02. The maximum absolute atomic E-state index is 11.5. The number of pyridine rings is 1. The molecule has 1 amide bonds. The molecule has 0 atom stereocenters. The summed E-state index contributed by atoms with van der Waals surface area (Å²) < 4.78 is 5.00. The molecule has 2 aromatic rings. The maximum Gasteiger partial charge on any atom is 0.418 e. The molecule has 0 aliphatic heterocycles. The summed E-state index contributed by atoms with van der Waals surface area (Å²) in [5, 5.41) is 2.63. The Kier molecular flexibility index (Phi) is 3.35. The Labute approximate surface area is 99.3 Å². The van der Waals surface area contributed by atoms with E-state index in [0.29, 0.717) is 5.69 Å². The Bertz CT molecular complexity index is 512.